The lowest BCUT2D eigenvalue weighted by Gasteiger charge is -2.19. The van der Waals surface area contributed by atoms with Crippen LogP contribution in [0.5, 0.6) is 0 Å². The van der Waals surface area contributed by atoms with E-state index in [1.807, 2.05) is 4.72 Å². The molecule has 1 aromatic rings. The van der Waals surface area contributed by atoms with Gasteiger partial charge in [-0.3, -0.25) is 4.79 Å². The number of carbonyl (C=O) groups is 1. The van der Waals surface area contributed by atoms with Crippen LogP contribution in [-0.4, -0.2) is 25.5 Å². The second-order valence-corrected chi connectivity index (χ2v) is 6.87. The molecule has 124 valence electrons. The van der Waals surface area contributed by atoms with Gasteiger partial charge in [-0.1, -0.05) is 19.9 Å². The molecule has 0 fully saturated rings. The predicted molar refractivity (Wildman–Crippen MR) is 72.8 cm³/mol. The molecule has 0 heterocycles. The summed E-state index contributed by atoms with van der Waals surface area (Å²) in [5, 5.41) is 8.97. The standard InChI is InChI=1S/C13H16F3NO4S/c1-7(2)11(12(18)19)17-22(20,21)9-5-4-8(3)10(6-9)13(14,15)16/h4-7,11,17H,1-3H3,(H,18,19)/t11-/m0/s1. The molecule has 2 N–H and O–H groups in total. The highest BCUT2D eigenvalue weighted by atomic mass is 32.2. The minimum absolute atomic E-state index is 0.120. The van der Waals surface area contributed by atoms with E-state index in [2.05, 4.69) is 0 Å². The zero-order valence-electron chi connectivity index (χ0n) is 12.1. The highest BCUT2D eigenvalue weighted by molar-refractivity contribution is 7.89. The van der Waals surface area contributed by atoms with E-state index in [0.29, 0.717) is 6.07 Å². The van der Waals surface area contributed by atoms with Crippen molar-refractivity contribution in [1.82, 2.24) is 4.72 Å². The first-order chi connectivity index (χ1) is 9.86. The van der Waals surface area contributed by atoms with E-state index >= 15 is 0 Å². The lowest BCUT2D eigenvalue weighted by Crippen LogP contribution is -2.44. The number of hydrogen-bond acceptors (Lipinski definition) is 3. The van der Waals surface area contributed by atoms with E-state index in [1.54, 1.807) is 0 Å². The van der Waals surface area contributed by atoms with Crippen molar-refractivity contribution in [3.8, 4) is 0 Å². The molecule has 1 atom stereocenters. The summed E-state index contributed by atoms with van der Waals surface area (Å²) in [5.74, 6) is -1.97. The lowest BCUT2D eigenvalue weighted by molar-refractivity contribution is -0.140. The van der Waals surface area contributed by atoms with E-state index in [9.17, 15) is 26.4 Å². The topological polar surface area (TPSA) is 83.5 Å². The van der Waals surface area contributed by atoms with Gasteiger partial charge in [0.1, 0.15) is 6.04 Å². The zero-order chi connectivity index (χ0) is 17.3. The monoisotopic (exact) mass is 339 g/mol. The summed E-state index contributed by atoms with van der Waals surface area (Å²) in [6.07, 6.45) is -4.69. The number of aliphatic carboxylic acids is 1. The molecule has 0 aliphatic carbocycles. The minimum Gasteiger partial charge on any atom is -0.480 e. The Morgan fingerprint density at radius 3 is 2.23 bits per heavy atom. The second kappa shape index (κ2) is 6.25. The number of rotatable bonds is 5. The van der Waals surface area contributed by atoms with Crippen LogP contribution in [0.3, 0.4) is 0 Å². The lowest BCUT2D eigenvalue weighted by atomic mass is 10.1. The SMILES string of the molecule is Cc1ccc(S(=O)(=O)N[C@H](C(=O)O)C(C)C)cc1C(F)(F)F. The van der Waals surface area contributed by atoms with Crippen LogP contribution in [0.4, 0.5) is 13.2 Å². The number of halogens is 3. The number of alkyl halides is 3. The Morgan fingerprint density at radius 1 is 1.27 bits per heavy atom. The van der Waals surface area contributed by atoms with Gasteiger partial charge in [0.15, 0.2) is 0 Å². The number of carboxylic acids is 1. The fraction of sp³-hybridized carbons (Fsp3) is 0.462. The maximum atomic E-state index is 12.8. The van der Waals surface area contributed by atoms with Gasteiger partial charge in [-0.05, 0) is 30.5 Å². The summed E-state index contributed by atoms with van der Waals surface area (Å²) in [6, 6.07) is 1.10. The third-order valence-electron chi connectivity index (χ3n) is 3.04. The Morgan fingerprint density at radius 2 is 1.82 bits per heavy atom. The van der Waals surface area contributed by atoms with E-state index in [1.165, 1.54) is 20.8 Å². The normalized spacial score (nSPS) is 14.1. The van der Waals surface area contributed by atoms with E-state index in [4.69, 9.17) is 5.11 Å². The molecule has 1 rings (SSSR count). The summed E-state index contributed by atoms with van der Waals surface area (Å²) in [4.78, 5) is 10.4. The van der Waals surface area contributed by atoms with Crippen molar-refractivity contribution in [3.63, 3.8) is 0 Å². The molecular formula is C13H16F3NO4S. The van der Waals surface area contributed by atoms with Crippen molar-refractivity contribution in [1.29, 1.82) is 0 Å². The molecule has 0 spiro atoms. The van der Waals surface area contributed by atoms with Crippen molar-refractivity contribution in [3.05, 3.63) is 29.3 Å². The van der Waals surface area contributed by atoms with Crippen molar-refractivity contribution >= 4 is 16.0 Å². The number of nitrogens with one attached hydrogen (secondary N) is 1. The molecule has 0 amide bonds. The third-order valence-corrected chi connectivity index (χ3v) is 4.48. The van der Waals surface area contributed by atoms with Gasteiger partial charge in [-0.25, -0.2) is 8.42 Å². The Balaban J connectivity index is 3.27. The van der Waals surface area contributed by atoms with Crippen LogP contribution in [0.2, 0.25) is 0 Å². The first kappa shape index (κ1) is 18.4. The van der Waals surface area contributed by atoms with Crippen molar-refractivity contribution < 1.29 is 31.5 Å². The van der Waals surface area contributed by atoms with Crippen LogP contribution in [-0.2, 0) is 21.0 Å². The highest BCUT2D eigenvalue weighted by Crippen LogP contribution is 2.33. The van der Waals surface area contributed by atoms with E-state index in [0.717, 1.165) is 12.1 Å². The molecule has 5 nitrogen and oxygen atoms in total. The fourth-order valence-corrected chi connectivity index (χ4v) is 3.14. The fourth-order valence-electron chi connectivity index (χ4n) is 1.78. The van der Waals surface area contributed by atoms with Gasteiger partial charge in [0.2, 0.25) is 10.0 Å². The molecule has 0 aliphatic heterocycles. The maximum Gasteiger partial charge on any atom is 0.416 e. The molecule has 0 unspecified atom stereocenters. The quantitative estimate of drug-likeness (QED) is 0.863. The Kier molecular flexibility index (Phi) is 5.24. The van der Waals surface area contributed by atoms with Crippen molar-refractivity contribution in [2.45, 2.75) is 37.9 Å². The number of carboxylic acid groups (broad SMARTS) is 1. The molecule has 0 bridgehead atoms. The van der Waals surface area contributed by atoms with Gasteiger partial charge in [-0.2, -0.15) is 17.9 Å². The largest absolute Gasteiger partial charge is 0.480 e. The molecule has 9 heteroatoms. The Hall–Kier alpha value is -1.61. The van der Waals surface area contributed by atoms with E-state index < -0.39 is 44.6 Å². The van der Waals surface area contributed by atoms with Crippen LogP contribution >= 0.6 is 0 Å². The van der Waals surface area contributed by atoms with Crippen molar-refractivity contribution in [2.24, 2.45) is 5.92 Å². The van der Waals surface area contributed by atoms with Gasteiger partial charge in [0.25, 0.3) is 0 Å². The first-order valence-corrected chi connectivity index (χ1v) is 7.77. The average molecular weight is 339 g/mol. The smallest absolute Gasteiger partial charge is 0.416 e. The number of benzene rings is 1. The van der Waals surface area contributed by atoms with Crippen LogP contribution < -0.4 is 4.72 Å². The van der Waals surface area contributed by atoms with Gasteiger partial charge >= 0.3 is 12.1 Å². The third kappa shape index (κ3) is 4.20. The highest BCUT2D eigenvalue weighted by Gasteiger charge is 2.34. The predicted octanol–water partition coefficient (Wildman–Crippen LogP) is 2.40. The van der Waals surface area contributed by atoms with Crippen LogP contribution in [0.15, 0.2) is 23.1 Å². The van der Waals surface area contributed by atoms with Gasteiger partial charge in [-0.15, -0.1) is 0 Å². The van der Waals surface area contributed by atoms with Gasteiger partial charge in [0.05, 0.1) is 10.5 Å². The summed E-state index contributed by atoms with van der Waals surface area (Å²) < 4.78 is 64.6. The molecular weight excluding hydrogens is 323 g/mol. The molecule has 0 saturated carbocycles. The summed E-state index contributed by atoms with van der Waals surface area (Å²) in [5.41, 5.74) is -1.20. The van der Waals surface area contributed by atoms with Crippen LogP contribution in [0, 0.1) is 12.8 Å². The molecule has 0 saturated heterocycles. The Bertz CT molecular complexity index is 668. The number of hydrogen-bond donors (Lipinski definition) is 2. The minimum atomic E-state index is -4.69. The van der Waals surface area contributed by atoms with Crippen LogP contribution in [0.1, 0.15) is 25.0 Å². The van der Waals surface area contributed by atoms with Crippen LogP contribution in [0.25, 0.3) is 0 Å². The summed E-state index contributed by atoms with van der Waals surface area (Å²) in [7, 11) is -4.38. The molecule has 0 aromatic heterocycles. The zero-order valence-corrected chi connectivity index (χ0v) is 12.9. The Labute approximate surface area is 126 Å². The van der Waals surface area contributed by atoms with E-state index in [-0.39, 0.29) is 5.56 Å². The van der Waals surface area contributed by atoms with Gasteiger partial charge < -0.3 is 5.11 Å². The summed E-state index contributed by atoms with van der Waals surface area (Å²) >= 11 is 0. The molecule has 22 heavy (non-hydrogen) atoms. The second-order valence-electron chi connectivity index (χ2n) is 5.16. The number of sulfonamides is 1. The van der Waals surface area contributed by atoms with Gasteiger partial charge in [0, 0.05) is 0 Å². The number of aryl methyl sites for hydroxylation is 1. The molecule has 0 aliphatic rings. The first-order valence-electron chi connectivity index (χ1n) is 6.29. The molecule has 0 radical (unpaired) electrons. The average Bonchev–Trinajstić information content (AvgIpc) is 2.34. The molecule has 1 aromatic carbocycles. The summed E-state index contributed by atoms with van der Waals surface area (Å²) in [6.45, 7) is 4.18. The maximum absolute atomic E-state index is 12.8. The van der Waals surface area contributed by atoms with Crippen molar-refractivity contribution in [2.75, 3.05) is 0 Å².